The zero-order valence-electron chi connectivity index (χ0n) is 11.6. The van der Waals surface area contributed by atoms with E-state index < -0.39 is 0 Å². The van der Waals surface area contributed by atoms with Crippen LogP contribution in [-0.2, 0) is 0 Å². The molecule has 0 aliphatic rings. The zero-order chi connectivity index (χ0) is 15.0. The van der Waals surface area contributed by atoms with E-state index in [1.54, 1.807) is 37.7 Å². The first kappa shape index (κ1) is 15.7. The van der Waals surface area contributed by atoms with Gasteiger partial charge in [0.05, 0.1) is 16.4 Å². The molecule has 0 unspecified atom stereocenters. The maximum absolute atomic E-state index is 6.19. The van der Waals surface area contributed by atoms with Crippen molar-refractivity contribution in [3.05, 3.63) is 47.1 Å². The monoisotopic (exact) mass is 285 g/mol. The van der Waals surface area contributed by atoms with Gasteiger partial charge in [-0.15, -0.1) is 0 Å². The molecule has 0 heterocycles. The van der Waals surface area contributed by atoms with Crippen LogP contribution in [0.4, 0.5) is 11.4 Å². The van der Waals surface area contributed by atoms with Gasteiger partial charge < -0.3 is 5.32 Å². The van der Waals surface area contributed by atoms with Gasteiger partial charge in [-0.25, -0.2) is 0 Å². The first-order valence-corrected chi connectivity index (χ1v) is 6.34. The summed E-state index contributed by atoms with van der Waals surface area (Å²) in [4.78, 5) is 7.95. The van der Waals surface area contributed by atoms with Crippen molar-refractivity contribution in [1.29, 1.82) is 0 Å². The van der Waals surface area contributed by atoms with E-state index in [4.69, 9.17) is 11.6 Å². The summed E-state index contributed by atoms with van der Waals surface area (Å²) in [5.41, 5.74) is 2.91. The molecular formula is C16H16ClN3. The molecule has 0 aliphatic heterocycles. The number of benzene rings is 1. The summed E-state index contributed by atoms with van der Waals surface area (Å²) in [6.45, 7) is 9.06. The first-order chi connectivity index (χ1) is 9.65. The molecule has 20 heavy (non-hydrogen) atoms. The Morgan fingerprint density at radius 1 is 1.45 bits per heavy atom. The summed E-state index contributed by atoms with van der Waals surface area (Å²) in [5, 5.41) is 3.56. The van der Waals surface area contributed by atoms with Crippen LogP contribution in [0, 0.1) is 11.8 Å². The van der Waals surface area contributed by atoms with Gasteiger partial charge in [-0.1, -0.05) is 36.1 Å². The van der Waals surface area contributed by atoms with Gasteiger partial charge >= 0.3 is 0 Å². The largest absolute Gasteiger partial charge is 0.386 e. The molecule has 0 aromatic heterocycles. The molecule has 1 N–H and O–H groups in total. The minimum absolute atomic E-state index is 0.552. The SMILES string of the molecule is C=C/C(C#Cc1cc(N=C)c(NC)cc1Cl)=C\N=CC. The maximum Gasteiger partial charge on any atom is 0.0867 e. The smallest absolute Gasteiger partial charge is 0.0867 e. The molecule has 0 amide bonds. The third kappa shape index (κ3) is 4.11. The second-order valence-electron chi connectivity index (χ2n) is 3.70. The Labute approximate surface area is 124 Å². The molecule has 4 heteroatoms. The second kappa shape index (κ2) is 7.98. The lowest BCUT2D eigenvalue weighted by molar-refractivity contribution is 1.45. The highest BCUT2D eigenvalue weighted by molar-refractivity contribution is 6.32. The van der Waals surface area contributed by atoms with Crippen LogP contribution >= 0.6 is 11.6 Å². The summed E-state index contributed by atoms with van der Waals surface area (Å²) in [7, 11) is 1.80. The number of aliphatic imine (C=N–C) groups is 2. The summed E-state index contributed by atoms with van der Waals surface area (Å²) in [6, 6.07) is 3.56. The Morgan fingerprint density at radius 2 is 2.20 bits per heavy atom. The highest BCUT2D eigenvalue weighted by Crippen LogP contribution is 2.30. The van der Waals surface area contributed by atoms with E-state index in [2.05, 4.69) is 40.4 Å². The van der Waals surface area contributed by atoms with Crippen molar-refractivity contribution >= 4 is 35.9 Å². The average molecular weight is 286 g/mol. The lowest BCUT2D eigenvalue weighted by Gasteiger charge is -2.06. The van der Waals surface area contributed by atoms with Crippen LogP contribution in [0.5, 0.6) is 0 Å². The van der Waals surface area contributed by atoms with E-state index in [0.717, 1.165) is 5.69 Å². The lowest BCUT2D eigenvalue weighted by atomic mass is 10.1. The van der Waals surface area contributed by atoms with Gasteiger partial charge in [-0.05, 0) is 25.8 Å². The van der Waals surface area contributed by atoms with E-state index in [1.807, 2.05) is 6.92 Å². The first-order valence-electron chi connectivity index (χ1n) is 5.96. The summed E-state index contributed by atoms with van der Waals surface area (Å²) >= 11 is 6.19. The molecule has 1 aromatic carbocycles. The van der Waals surface area contributed by atoms with Gasteiger partial charge in [-0.3, -0.25) is 9.98 Å². The van der Waals surface area contributed by atoms with Crippen molar-refractivity contribution in [1.82, 2.24) is 0 Å². The Morgan fingerprint density at radius 3 is 2.75 bits per heavy atom. The summed E-state index contributed by atoms with van der Waals surface area (Å²) in [5.74, 6) is 5.95. The Bertz CT molecular complexity index is 631. The number of nitrogens with one attached hydrogen (secondary N) is 1. The van der Waals surface area contributed by atoms with Crippen LogP contribution in [0.2, 0.25) is 5.02 Å². The molecule has 1 aromatic rings. The molecule has 0 fully saturated rings. The van der Waals surface area contributed by atoms with Crippen LogP contribution in [-0.4, -0.2) is 20.0 Å². The average Bonchev–Trinajstić information content (AvgIpc) is 2.48. The molecule has 0 atom stereocenters. The fraction of sp³-hybridized carbons (Fsp3) is 0.125. The predicted octanol–water partition coefficient (Wildman–Crippen LogP) is 4.23. The van der Waals surface area contributed by atoms with E-state index in [-0.39, 0.29) is 0 Å². The molecule has 1 rings (SSSR count). The van der Waals surface area contributed by atoms with Crippen molar-refractivity contribution in [2.75, 3.05) is 12.4 Å². The van der Waals surface area contributed by atoms with Gasteiger partial charge in [0.25, 0.3) is 0 Å². The van der Waals surface area contributed by atoms with E-state index in [1.165, 1.54) is 0 Å². The fourth-order valence-corrected chi connectivity index (χ4v) is 1.63. The molecular weight excluding hydrogens is 270 g/mol. The van der Waals surface area contributed by atoms with Crippen molar-refractivity contribution in [3.8, 4) is 11.8 Å². The highest BCUT2D eigenvalue weighted by Gasteiger charge is 2.05. The molecule has 0 saturated heterocycles. The number of hydrogen-bond acceptors (Lipinski definition) is 3. The predicted molar refractivity (Wildman–Crippen MR) is 89.5 cm³/mol. The lowest BCUT2D eigenvalue weighted by Crippen LogP contribution is -1.90. The van der Waals surface area contributed by atoms with Crippen LogP contribution in [0.1, 0.15) is 12.5 Å². The number of allylic oxidation sites excluding steroid dienone is 2. The Hall–Kier alpha value is -2.31. The molecule has 0 aliphatic carbocycles. The van der Waals surface area contributed by atoms with Gasteiger partial charge in [0.2, 0.25) is 0 Å². The Balaban J connectivity index is 3.22. The van der Waals surface area contributed by atoms with Crippen molar-refractivity contribution in [2.24, 2.45) is 9.98 Å². The molecule has 102 valence electrons. The van der Waals surface area contributed by atoms with Crippen LogP contribution in [0.15, 0.2) is 46.5 Å². The molecule has 0 radical (unpaired) electrons. The van der Waals surface area contributed by atoms with Crippen molar-refractivity contribution in [2.45, 2.75) is 6.92 Å². The number of halogens is 1. The standard InChI is InChI=1S/C16H16ClN3/c1-5-12(11-20-6-2)7-8-13-9-15(18-3)16(19-4)10-14(13)17/h5-6,9-11,19H,1,3H2,2,4H3/b12-11+,20-6?. The quantitative estimate of drug-likeness (QED) is 0.502. The topological polar surface area (TPSA) is 36.8 Å². The third-order valence-corrected chi connectivity index (χ3v) is 2.76. The molecule has 0 spiro atoms. The van der Waals surface area contributed by atoms with Crippen LogP contribution < -0.4 is 5.32 Å². The van der Waals surface area contributed by atoms with Crippen molar-refractivity contribution in [3.63, 3.8) is 0 Å². The third-order valence-electron chi connectivity index (χ3n) is 2.45. The maximum atomic E-state index is 6.19. The number of rotatable bonds is 4. The van der Waals surface area contributed by atoms with Gasteiger partial charge in [-0.2, -0.15) is 0 Å². The van der Waals surface area contributed by atoms with E-state index in [9.17, 15) is 0 Å². The number of nitrogens with zero attached hydrogens (tertiary/aromatic N) is 2. The van der Waals surface area contributed by atoms with Gasteiger partial charge in [0, 0.05) is 30.6 Å². The highest BCUT2D eigenvalue weighted by atomic mass is 35.5. The second-order valence-corrected chi connectivity index (χ2v) is 4.11. The van der Waals surface area contributed by atoms with Crippen molar-refractivity contribution < 1.29 is 0 Å². The zero-order valence-corrected chi connectivity index (χ0v) is 12.3. The summed E-state index contributed by atoms with van der Waals surface area (Å²) in [6.07, 6.45) is 4.96. The van der Waals surface area contributed by atoms with Crippen LogP contribution in [0.25, 0.3) is 0 Å². The summed E-state index contributed by atoms with van der Waals surface area (Å²) < 4.78 is 0. The minimum Gasteiger partial charge on any atom is -0.386 e. The molecule has 3 nitrogen and oxygen atoms in total. The fourth-order valence-electron chi connectivity index (χ4n) is 1.42. The van der Waals surface area contributed by atoms with E-state index in [0.29, 0.717) is 21.8 Å². The molecule has 0 bridgehead atoms. The Kier molecular flexibility index (Phi) is 6.28. The molecule has 0 saturated carbocycles. The van der Waals surface area contributed by atoms with Gasteiger partial charge in [0.15, 0.2) is 0 Å². The van der Waals surface area contributed by atoms with Crippen LogP contribution in [0.3, 0.4) is 0 Å². The van der Waals surface area contributed by atoms with E-state index >= 15 is 0 Å². The number of anilines is 1. The van der Waals surface area contributed by atoms with Gasteiger partial charge in [0.1, 0.15) is 0 Å². The minimum atomic E-state index is 0.552. The number of hydrogen-bond donors (Lipinski definition) is 1. The normalized spacial score (nSPS) is 10.8.